The van der Waals surface area contributed by atoms with E-state index in [1.807, 2.05) is 12.2 Å². The van der Waals surface area contributed by atoms with Crippen LogP contribution in [-0.4, -0.2) is 32.9 Å². The van der Waals surface area contributed by atoms with Crippen LogP contribution in [0.15, 0.2) is 41.2 Å². The van der Waals surface area contributed by atoms with Gasteiger partial charge in [-0.05, 0) is 54.7 Å². The minimum Gasteiger partial charge on any atom is -0.450 e. The van der Waals surface area contributed by atoms with Gasteiger partial charge in [0.15, 0.2) is 0 Å². The number of aromatic amines is 2. The maximum absolute atomic E-state index is 14.0. The fourth-order valence-corrected chi connectivity index (χ4v) is 4.41. The highest BCUT2D eigenvalue weighted by Crippen LogP contribution is 2.38. The molecule has 2 aromatic heterocycles. The number of hydrogen-bond acceptors (Lipinski definition) is 5. The molecular formula is C26H22F3N5O3. The maximum Gasteiger partial charge on any atom is 0.417 e. The van der Waals surface area contributed by atoms with Crippen molar-refractivity contribution in [2.24, 2.45) is 0 Å². The van der Waals surface area contributed by atoms with E-state index < -0.39 is 17.8 Å². The molecular weight excluding hydrogens is 487 g/mol. The van der Waals surface area contributed by atoms with Gasteiger partial charge in [0.2, 0.25) is 5.95 Å². The van der Waals surface area contributed by atoms with Gasteiger partial charge in [-0.1, -0.05) is 30.4 Å². The Morgan fingerprint density at radius 3 is 2.65 bits per heavy atom. The largest absolute Gasteiger partial charge is 0.450 e. The van der Waals surface area contributed by atoms with Gasteiger partial charge in [0, 0.05) is 16.9 Å². The molecule has 0 unspecified atom stereocenters. The van der Waals surface area contributed by atoms with Crippen LogP contribution in [0, 0.1) is 0 Å². The van der Waals surface area contributed by atoms with Crippen molar-refractivity contribution in [2.75, 3.05) is 11.9 Å². The van der Waals surface area contributed by atoms with E-state index >= 15 is 0 Å². The zero-order chi connectivity index (χ0) is 26.2. The predicted octanol–water partition coefficient (Wildman–Crippen LogP) is 3.85. The van der Waals surface area contributed by atoms with Crippen molar-refractivity contribution in [1.82, 2.24) is 20.2 Å². The molecule has 4 aromatic rings. The number of fused-ring (bicyclic) bond motifs is 2. The van der Waals surface area contributed by atoms with Crippen LogP contribution in [0.3, 0.4) is 0 Å². The van der Waals surface area contributed by atoms with Crippen molar-refractivity contribution in [3.05, 3.63) is 74.0 Å². The second kappa shape index (κ2) is 9.57. The number of ether oxygens (including phenoxy) is 1. The van der Waals surface area contributed by atoms with Crippen LogP contribution in [0.5, 0.6) is 0 Å². The lowest BCUT2D eigenvalue weighted by molar-refractivity contribution is -0.137. The molecule has 0 aliphatic heterocycles. The molecule has 1 aliphatic rings. The van der Waals surface area contributed by atoms with Crippen LogP contribution in [0.25, 0.3) is 34.3 Å². The van der Waals surface area contributed by atoms with Gasteiger partial charge < -0.3 is 9.72 Å². The molecule has 0 fully saturated rings. The van der Waals surface area contributed by atoms with E-state index in [1.54, 1.807) is 19.1 Å². The van der Waals surface area contributed by atoms with Gasteiger partial charge in [-0.2, -0.15) is 18.3 Å². The number of nitrogens with one attached hydrogen (secondary N) is 3. The quantitative estimate of drug-likeness (QED) is 0.378. The number of anilines is 1. The number of benzene rings is 2. The predicted molar refractivity (Wildman–Crippen MR) is 132 cm³/mol. The minimum atomic E-state index is -4.58. The number of H-pyrrole nitrogens is 2. The summed E-state index contributed by atoms with van der Waals surface area (Å²) in [4.78, 5) is 31.0. The van der Waals surface area contributed by atoms with E-state index in [2.05, 4.69) is 25.5 Å². The highest BCUT2D eigenvalue weighted by atomic mass is 19.4. The molecule has 0 radical (unpaired) electrons. The van der Waals surface area contributed by atoms with Gasteiger partial charge in [-0.15, -0.1) is 0 Å². The third kappa shape index (κ3) is 4.97. The summed E-state index contributed by atoms with van der Waals surface area (Å²) >= 11 is 0. The molecule has 2 aromatic carbocycles. The average molecular weight is 509 g/mol. The van der Waals surface area contributed by atoms with Crippen molar-refractivity contribution in [3.8, 4) is 11.1 Å². The highest BCUT2D eigenvalue weighted by Gasteiger charge is 2.34. The summed E-state index contributed by atoms with van der Waals surface area (Å²) in [6.07, 6.45) is 0.265. The first-order valence-electron chi connectivity index (χ1n) is 11.6. The second-order valence-corrected chi connectivity index (χ2v) is 8.53. The zero-order valence-electron chi connectivity index (χ0n) is 19.7. The number of halogens is 3. The Kier molecular flexibility index (Phi) is 6.28. The van der Waals surface area contributed by atoms with Gasteiger partial charge in [-0.3, -0.25) is 10.1 Å². The van der Waals surface area contributed by atoms with E-state index in [0.29, 0.717) is 33.1 Å². The van der Waals surface area contributed by atoms with E-state index in [1.165, 1.54) is 18.2 Å². The number of aromatic nitrogens is 4. The first kappa shape index (κ1) is 24.3. The molecule has 8 nitrogen and oxygen atoms in total. The SMILES string of the molecule is CCOC(=O)Nc1nc2cc(-c3cc(Cc4n[nH]c(=O)c5c4=CCCC=5)ccc3C(F)(F)F)ccc2[nH]1. The Hall–Kier alpha value is -4.41. The Bertz CT molecular complexity index is 1690. The van der Waals surface area contributed by atoms with Crippen LogP contribution in [0.4, 0.5) is 23.9 Å². The number of rotatable bonds is 5. The molecule has 190 valence electrons. The maximum atomic E-state index is 14.0. The molecule has 2 heterocycles. The smallest absolute Gasteiger partial charge is 0.417 e. The lowest BCUT2D eigenvalue weighted by atomic mass is 9.94. The minimum absolute atomic E-state index is 0.0105. The fraction of sp³-hybridized carbons (Fsp3) is 0.231. The first-order valence-corrected chi connectivity index (χ1v) is 11.6. The van der Waals surface area contributed by atoms with Crippen LogP contribution in [0.2, 0.25) is 0 Å². The van der Waals surface area contributed by atoms with Gasteiger partial charge >= 0.3 is 12.3 Å². The van der Waals surface area contributed by atoms with Crippen LogP contribution in [-0.2, 0) is 17.3 Å². The molecule has 0 spiro atoms. The molecule has 0 bridgehead atoms. The molecule has 0 atom stereocenters. The van der Waals surface area contributed by atoms with Gasteiger partial charge in [0.1, 0.15) is 0 Å². The molecule has 37 heavy (non-hydrogen) atoms. The molecule has 5 rings (SSSR count). The summed E-state index contributed by atoms with van der Waals surface area (Å²) < 4.78 is 46.7. The molecule has 11 heteroatoms. The summed E-state index contributed by atoms with van der Waals surface area (Å²) in [5, 5.41) is 10.4. The number of alkyl halides is 3. The van der Waals surface area contributed by atoms with Crippen LogP contribution in [0.1, 0.15) is 36.6 Å². The summed E-state index contributed by atoms with van der Waals surface area (Å²) in [6.45, 7) is 1.84. The standard InChI is InChI=1S/C26H22F3N5O3/c1-2-37-25(36)32-24-30-20-10-8-15(13-22(20)31-24)18-11-14(7-9-19(18)26(27,28)29)12-21-16-5-3-4-6-17(16)23(35)34-33-21/h5-11,13H,2-4,12H2,1H3,(H,34,35)(H2,30,31,32,36). The molecule has 1 aliphatic carbocycles. The number of carbonyl (C=O) groups is 1. The Labute approximate surface area is 207 Å². The molecule has 0 saturated carbocycles. The number of imidazole rings is 1. The fourth-order valence-electron chi connectivity index (χ4n) is 4.41. The van der Waals surface area contributed by atoms with Crippen molar-refractivity contribution in [3.63, 3.8) is 0 Å². The molecule has 1 amide bonds. The van der Waals surface area contributed by atoms with E-state index in [-0.39, 0.29) is 30.1 Å². The lowest BCUT2D eigenvalue weighted by Gasteiger charge is -2.15. The Morgan fingerprint density at radius 1 is 1.11 bits per heavy atom. The Morgan fingerprint density at radius 2 is 1.89 bits per heavy atom. The topological polar surface area (TPSA) is 113 Å². The van der Waals surface area contributed by atoms with E-state index in [4.69, 9.17) is 4.74 Å². The third-order valence-corrected chi connectivity index (χ3v) is 6.05. The van der Waals surface area contributed by atoms with Crippen molar-refractivity contribution >= 4 is 35.2 Å². The zero-order valence-corrected chi connectivity index (χ0v) is 19.7. The summed E-state index contributed by atoms with van der Waals surface area (Å²) in [7, 11) is 0. The summed E-state index contributed by atoms with van der Waals surface area (Å²) in [5.41, 5.74) is 1.35. The van der Waals surface area contributed by atoms with E-state index in [0.717, 1.165) is 24.1 Å². The average Bonchev–Trinajstić information content (AvgIpc) is 3.26. The number of nitrogens with zero attached hydrogens (tertiary/aromatic N) is 2. The van der Waals surface area contributed by atoms with Gasteiger partial charge in [0.05, 0.1) is 28.9 Å². The van der Waals surface area contributed by atoms with Crippen molar-refractivity contribution < 1.29 is 22.7 Å². The van der Waals surface area contributed by atoms with Crippen molar-refractivity contribution in [2.45, 2.75) is 32.4 Å². The van der Waals surface area contributed by atoms with Gasteiger partial charge in [-0.25, -0.2) is 14.9 Å². The Balaban J connectivity index is 1.55. The highest BCUT2D eigenvalue weighted by molar-refractivity contribution is 5.88. The monoisotopic (exact) mass is 509 g/mol. The van der Waals surface area contributed by atoms with Crippen LogP contribution < -0.4 is 21.3 Å². The third-order valence-electron chi connectivity index (χ3n) is 6.05. The van der Waals surface area contributed by atoms with E-state index in [9.17, 15) is 22.8 Å². The second-order valence-electron chi connectivity index (χ2n) is 8.53. The lowest BCUT2D eigenvalue weighted by Crippen LogP contribution is -2.45. The van der Waals surface area contributed by atoms with Crippen LogP contribution >= 0.6 is 0 Å². The number of amides is 1. The number of carbonyl (C=O) groups excluding carboxylic acids is 1. The van der Waals surface area contributed by atoms with Gasteiger partial charge in [0.25, 0.3) is 5.56 Å². The summed E-state index contributed by atoms with van der Waals surface area (Å²) in [6, 6.07) is 8.66. The summed E-state index contributed by atoms with van der Waals surface area (Å²) in [5.74, 6) is 0.123. The molecule has 0 saturated heterocycles. The first-order chi connectivity index (χ1) is 17.7. The normalized spacial score (nSPS) is 13.0. The number of hydrogen-bond donors (Lipinski definition) is 3. The molecule has 3 N–H and O–H groups in total. The van der Waals surface area contributed by atoms with Crippen molar-refractivity contribution in [1.29, 1.82) is 0 Å².